The summed E-state index contributed by atoms with van der Waals surface area (Å²) < 4.78 is 22.7. The van der Waals surface area contributed by atoms with Crippen molar-refractivity contribution in [1.29, 1.82) is 0 Å². The second kappa shape index (κ2) is 5.59. The fourth-order valence-corrected chi connectivity index (χ4v) is 2.12. The average molecular weight is 321 g/mol. The molecule has 5 nitrogen and oxygen atoms in total. The van der Waals surface area contributed by atoms with Gasteiger partial charge in [-0.1, -0.05) is 0 Å². The Labute approximate surface area is 109 Å². The van der Waals surface area contributed by atoms with E-state index in [-0.39, 0.29) is 18.2 Å². The van der Waals surface area contributed by atoms with Crippen LogP contribution in [-0.2, 0) is 9.84 Å². The van der Waals surface area contributed by atoms with Gasteiger partial charge in [0, 0.05) is 36.7 Å². The minimum atomic E-state index is -3.06. The molecule has 94 valence electrons. The fourth-order valence-electron chi connectivity index (χ4n) is 1.15. The van der Waals surface area contributed by atoms with E-state index in [4.69, 9.17) is 0 Å². The van der Waals surface area contributed by atoms with E-state index in [0.29, 0.717) is 10.0 Å². The monoisotopic (exact) mass is 320 g/mol. The normalized spacial score (nSPS) is 11.2. The average Bonchev–Trinajstić information content (AvgIpc) is 2.24. The minimum Gasteiger partial charge on any atom is -0.341 e. The quantitative estimate of drug-likeness (QED) is 0.828. The standard InChI is InChI=1S/C10H13BrN2O3S/c1-13(3-4-17(2,15)16)10(14)8-5-9(11)7-12-6-8/h5-7H,3-4H2,1-2H3. The Morgan fingerprint density at radius 1 is 1.47 bits per heavy atom. The van der Waals surface area contributed by atoms with Crippen LogP contribution in [0.5, 0.6) is 0 Å². The number of aromatic nitrogens is 1. The van der Waals surface area contributed by atoms with Gasteiger partial charge in [-0.2, -0.15) is 0 Å². The Hall–Kier alpha value is -0.950. The first-order valence-corrected chi connectivity index (χ1v) is 7.69. The van der Waals surface area contributed by atoms with Crippen molar-refractivity contribution in [3.63, 3.8) is 0 Å². The number of amides is 1. The van der Waals surface area contributed by atoms with Gasteiger partial charge in [0.05, 0.1) is 11.3 Å². The van der Waals surface area contributed by atoms with Crippen molar-refractivity contribution in [3.05, 3.63) is 28.5 Å². The number of pyridine rings is 1. The summed E-state index contributed by atoms with van der Waals surface area (Å²) in [6.07, 6.45) is 4.17. The fraction of sp³-hybridized carbons (Fsp3) is 0.400. The number of rotatable bonds is 4. The Kier molecular flexibility index (Phi) is 4.64. The Balaban J connectivity index is 2.70. The zero-order valence-electron chi connectivity index (χ0n) is 9.55. The van der Waals surface area contributed by atoms with Crippen LogP contribution in [0.3, 0.4) is 0 Å². The van der Waals surface area contributed by atoms with E-state index in [1.807, 2.05) is 0 Å². The molecule has 0 aliphatic heterocycles. The molecular formula is C10H13BrN2O3S. The van der Waals surface area contributed by atoms with Crippen molar-refractivity contribution >= 4 is 31.7 Å². The molecule has 0 atom stereocenters. The summed E-state index contributed by atoms with van der Waals surface area (Å²) in [7, 11) is -1.50. The molecule has 0 spiro atoms. The lowest BCUT2D eigenvalue weighted by Gasteiger charge is -2.16. The summed E-state index contributed by atoms with van der Waals surface area (Å²) in [5.74, 6) is -0.293. The van der Waals surface area contributed by atoms with Gasteiger partial charge in [0.25, 0.3) is 5.91 Å². The lowest BCUT2D eigenvalue weighted by atomic mass is 10.2. The first kappa shape index (κ1) is 14.1. The van der Waals surface area contributed by atoms with Crippen LogP contribution in [0.25, 0.3) is 0 Å². The molecule has 1 aromatic rings. The summed E-state index contributed by atoms with van der Waals surface area (Å²) in [4.78, 5) is 17.1. The number of carbonyl (C=O) groups excluding carboxylic acids is 1. The third-order valence-corrected chi connectivity index (χ3v) is 3.45. The molecule has 0 saturated heterocycles. The smallest absolute Gasteiger partial charge is 0.255 e. The third-order valence-electron chi connectivity index (χ3n) is 2.10. The second-order valence-corrected chi connectivity index (χ2v) is 6.92. The predicted octanol–water partition coefficient (Wildman–Crippen LogP) is 0.961. The predicted molar refractivity (Wildman–Crippen MR) is 68.6 cm³/mol. The molecular weight excluding hydrogens is 308 g/mol. The highest BCUT2D eigenvalue weighted by Gasteiger charge is 2.14. The van der Waals surface area contributed by atoms with Crippen LogP contribution in [-0.4, -0.2) is 49.8 Å². The number of sulfone groups is 1. The zero-order chi connectivity index (χ0) is 13.1. The lowest BCUT2D eigenvalue weighted by Crippen LogP contribution is -2.31. The van der Waals surface area contributed by atoms with Gasteiger partial charge in [0.1, 0.15) is 9.84 Å². The van der Waals surface area contributed by atoms with Crippen molar-refractivity contribution in [1.82, 2.24) is 9.88 Å². The van der Waals surface area contributed by atoms with E-state index in [0.717, 1.165) is 6.26 Å². The molecule has 1 rings (SSSR count). The molecule has 0 bridgehead atoms. The highest BCUT2D eigenvalue weighted by Crippen LogP contribution is 2.11. The molecule has 0 aromatic carbocycles. The van der Waals surface area contributed by atoms with Crippen molar-refractivity contribution < 1.29 is 13.2 Å². The van der Waals surface area contributed by atoms with E-state index in [9.17, 15) is 13.2 Å². The summed E-state index contributed by atoms with van der Waals surface area (Å²) in [5.41, 5.74) is 0.426. The molecule has 0 aliphatic rings. The Bertz CT molecular complexity index is 516. The molecule has 17 heavy (non-hydrogen) atoms. The first-order valence-electron chi connectivity index (χ1n) is 4.83. The van der Waals surface area contributed by atoms with Crippen LogP contribution in [0, 0.1) is 0 Å². The van der Waals surface area contributed by atoms with Crippen LogP contribution in [0.1, 0.15) is 10.4 Å². The highest BCUT2D eigenvalue weighted by atomic mass is 79.9. The first-order chi connectivity index (χ1) is 7.79. The number of carbonyl (C=O) groups is 1. The summed E-state index contributed by atoms with van der Waals surface area (Å²) in [6, 6.07) is 1.65. The molecule has 0 aliphatic carbocycles. The van der Waals surface area contributed by atoms with Crippen LogP contribution in [0.2, 0.25) is 0 Å². The van der Waals surface area contributed by atoms with Crippen molar-refractivity contribution in [3.8, 4) is 0 Å². The van der Waals surface area contributed by atoms with E-state index < -0.39 is 9.84 Å². The molecule has 1 amide bonds. The molecule has 0 unspecified atom stereocenters. The van der Waals surface area contributed by atoms with Gasteiger partial charge < -0.3 is 4.90 Å². The van der Waals surface area contributed by atoms with Crippen LogP contribution in [0.4, 0.5) is 0 Å². The second-order valence-electron chi connectivity index (χ2n) is 3.75. The van der Waals surface area contributed by atoms with Gasteiger partial charge in [0.15, 0.2) is 0 Å². The summed E-state index contributed by atoms with van der Waals surface area (Å²) in [5, 5.41) is 0. The summed E-state index contributed by atoms with van der Waals surface area (Å²) in [6.45, 7) is 0.171. The lowest BCUT2D eigenvalue weighted by molar-refractivity contribution is 0.0803. The maximum absolute atomic E-state index is 11.9. The largest absolute Gasteiger partial charge is 0.341 e. The van der Waals surface area contributed by atoms with E-state index >= 15 is 0 Å². The maximum Gasteiger partial charge on any atom is 0.255 e. The van der Waals surface area contributed by atoms with Crippen molar-refractivity contribution in [2.24, 2.45) is 0 Å². The van der Waals surface area contributed by atoms with Gasteiger partial charge in [-0.05, 0) is 22.0 Å². The van der Waals surface area contributed by atoms with Crippen molar-refractivity contribution in [2.45, 2.75) is 0 Å². The summed E-state index contributed by atoms with van der Waals surface area (Å²) >= 11 is 3.22. The number of nitrogens with zero attached hydrogens (tertiary/aromatic N) is 2. The molecule has 1 aromatic heterocycles. The maximum atomic E-state index is 11.9. The number of halogens is 1. The molecule has 0 N–H and O–H groups in total. The zero-order valence-corrected chi connectivity index (χ0v) is 12.0. The topological polar surface area (TPSA) is 67.3 Å². The van der Waals surface area contributed by atoms with Crippen LogP contribution in [0.15, 0.2) is 22.9 Å². The molecule has 1 heterocycles. The van der Waals surface area contributed by atoms with Crippen molar-refractivity contribution in [2.75, 3.05) is 25.6 Å². The SMILES string of the molecule is CN(CCS(C)(=O)=O)C(=O)c1cncc(Br)c1. The molecule has 0 radical (unpaired) electrons. The molecule has 0 saturated carbocycles. The van der Waals surface area contributed by atoms with E-state index in [2.05, 4.69) is 20.9 Å². The number of hydrogen-bond donors (Lipinski definition) is 0. The Morgan fingerprint density at radius 2 is 2.12 bits per heavy atom. The van der Waals surface area contributed by atoms with Gasteiger partial charge in [-0.3, -0.25) is 9.78 Å². The van der Waals surface area contributed by atoms with Gasteiger partial charge >= 0.3 is 0 Å². The van der Waals surface area contributed by atoms with Gasteiger partial charge in [-0.15, -0.1) is 0 Å². The van der Waals surface area contributed by atoms with Crippen LogP contribution < -0.4 is 0 Å². The third kappa shape index (κ3) is 4.82. The molecule has 0 fully saturated rings. The Morgan fingerprint density at radius 3 is 2.65 bits per heavy atom. The van der Waals surface area contributed by atoms with Crippen LogP contribution >= 0.6 is 15.9 Å². The van der Waals surface area contributed by atoms with E-state index in [1.54, 1.807) is 19.3 Å². The van der Waals surface area contributed by atoms with E-state index in [1.165, 1.54) is 11.1 Å². The number of hydrogen-bond acceptors (Lipinski definition) is 4. The highest BCUT2D eigenvalue weighted by molar-refractivity contribution is 9.10. The minimum absolute atomic E-state index is 0.0450. The molecule has 7 heteroatoms. The van der Waals surface area contributed by atoms with Gasteiger partial charge in [0.2, 0.25) is 0 Å². The van der Waals surface area contributed by atoms with Gasteiger partial charge in [-0.25, -0.2) is 8.42 Å².